The van der Waals surface area contributed by atoms with Gasteiger partial charge in [-0.2, -0.15) is 0 Å². The molecule has 1 saturated heterocycles. The maximum atomic E-state index is 10.5. The van der Waals surface area contributed by atoms with Crippen molar-refractivity contribution < 1.29 is 6.21 Å². The number of nitrogens with two attached hydrogens (primary N) is 1. The fourth-order valence-electron chi connectivity index (χ4n) is 0.855. The molecule has 1 fully saturated rings. The number of primary amides is 1. The van der Waals surface area contributed by atoms with Gasteiger partial charge < -0.3 is 11.0 Å². The van der Waals surface area contributed by atoms with E-state index in [0.717, 1.165) is 12.8 Å². The van der Waals surface area contributed by atoms with Crippen molar-refractivity contribution in [2.45, 2.75) is 18.9 Å². The molecule has 3 N–H and O–H groups in total. The third kappa shape index (κ3) is 0.980. The smallest absolute Gasteiger partial charge is 0.234 e. The van der Waals surface area contributed by atoms with Gasteiger partial charge in [0, 0.05) is 0 Å². The first-order valence-electron chi connectivity index (χ1n) is 3.21. The zero-order valence-corrected chi connectivity index (χ0v) is 4.63. The van der Waals surface area contributed by atoms with E-state index >= 15 is 0 Å². The predicted molar refractivity (Wildman–Crippen MR) is 30.2 cm³/mol. The summed E-state index contributed by atoms with van der Waals surface area (Å²) in [6.07, 6.45) is 1.66. The van der Waals surface area contributed by atoms with Crippen LogP contribution in [0.1, 0.15) is 12.8 Å². The lowest BCUT2D eigenvalue weighted by atomic mass is 10.2. The third-order valence-electron chi connectivity index (χ3n) is 1.31. The molecule has 0 saturated carbocycles. The topological polar surface area (TPSA) is 55.1 Å². The van der Waals surface area contributed by atoms with Crippen LogP contribution in [-0.4, -0.2) is 18.5 Å². The molecular formula is C5H10N2O. The van der Waals surface area contributed by atoms with Crippen molar-refractivity contribution in [3.05, 3.63) is 0 Å². The van der Waals surface area contributed by atoms with Crippen LogP contribution in [0.5, 0.6) is 0 Å². The fourth-order valence-corrected chi connectivity index (χ4v) is 0.855. The van der Waals surface area contributed by atoms with Crippen molar-refractivity contribution in [2.75, 3.05) is 6.54 Å². The summed E-state index contributed by atoms with van der Waals surface area (Å²) in [5.74, 6) is -0.373. The zero-order valence-electron chi connectivity index (χ0n) is 5.63. The van der Waals surface area contributed by atoms with Gasteiger partial charge in [-0.1, -0.05) is 0 Å². The minimum atomic E-state index is -0.373. The van der Waals surface area contributed by atoms with Crippen LogP contribution >= 0.6 is 0 Å². The van der Waals surface area contributed by atoms with Crippen LogP contribution < -0.4 is 11.0 Å². The predicted octanol–water partition coefficient (Wildman–Crippen LogP) is -0.776. The standard InChI is InChI=1S/C5H10N2O/c6-5(8)4-2-1-3-7-4/h4,7H,1-3H2,(H2,6,8)/i/hD. The molecule has 1 atom stereocenters. The fraction of sp³-hybridized carbons (Fsp3) is 0.800. The average molecular weight is 115 g/mol. The van der Waals surface area contributed by atoms with Gasteiger partial charge in [0.05, 0.1) is 6.04 Å². The molecule has 0 spiro atoms. The molecule has 0 aliphatic carbocycles. The first-order valence-corrected chi connectivity index (χ1v) is 2.76. The second-order valence-corrected chi connectivity index (χ2v) is 1.97. The number of hydrogen-bond donors (Lipinski definition) is 2. The van der Waals surface area contributed by atoms with Gasteiger partial charge in [-0.05, 0) is 19.4 Å². The van der Waals surface area contributed by atoms with Crippen LogP contribution in [-0.2, 0) is 4.79 Å². The van der Waals surface area contributed by atoms with E-state index < -0.39 is 0 Å². The minimum Gasteiger partial charge on any atom is -0.368 e. The highest BCUT2D eigenvalue weighted by molar-refractivity contribution is 5.80. The monoisotopic (exact) mass is 115 g/mol. The summed E-state index contributed by atoms with van der Waals surface area (Å²) in [6, 6.07) is -0.329. The van der Waals surface area contributed by atoms with Crippen LogP contribution in [0.25, 0.3) is 0 Å². The third-order valence-corrected chi connectivity index (χ3v) is 1.31. The van der Waals surface area contributed by atoms with E-state index in [4.69, 9.17) is 7.15 Å². The molecule has 1 amide bonds. The molecule has 0 aromatic carbocycles. The van der Waals surface area contributed by atoms with Gasteiger partial charge in [0.15, 0.2) is 0 Å². The Balaban J connectivity index is 2.49. The van der Waals surface area contributed by atoms with Gasteiger partial charge in [0.2, 0.25) is 5.91 Å². The molecule has 1 aliphatic rings. The molecule has 1 aliphatic heterocycles. The number of rotatable bonds is 1. The Morgan fingerprint density at radius 1 is 2.00 bits per heavy atom. The van der Waals surface area contributed by atoms with Gasteiger partial charge in [0.1, 0.15) is 1.41 Å². The Hall–Kier alpha value is -0.570. The van der Waals surface area contributed by atoms with E-state index in [-0.39, 0.29) is 11.9 Å². The Morgan fingerprint density at radius 2 is 2.75 bits per heavy atom. The Morgan fingerprint density at radius 3 is 3.00 bits per heavy atom. The van der Waals surface area contributed by atoms with Crippen molar-refractivity contribution in [3.63, 3.8) is 0 Å². The quantitative estimate of drug-likeness (QED) is 0.471. The molecule has 1 unspecified atom stereocenters. The SMILES string of the molecule is [2H]N1CCCC1C(N)=O. The van der Waals surface area contributed by atoms with Crippen LogP contribution in [0, 0.1) is 0 Å². The first kappa shape index (κ1) is 4.32. The lowest BCUT2D eigenvalue weighted by molar-refractivity contribution is -0.119. The van der Waals surface area contributed by atoms with E-state index in [1.807, 2.05) is 0 Å². The maximum Gasteiger partial charge on any atom is 0.234 e. The summed E-state index contributed by atoms with van der Waals surface area (Å²) in [6.45, 7) is 0.674. The van der Waals surface area contributed by atoms with Crippen molar-refractivity contribution in [1.29, 1.82) is 0 Å². The van der Waals surface area contributed by atoms with Crippen molar-refractivity contribution in [1.82, 2.24) is 5.31 Å². The van der Waals surface area contributed by atoms with E-state index in [0.29, 0.717) is 6.54 Å². The summed E-state index contributed by atoms with van der Waals surface area (Å²) in [5, 5.41) is 1.25. The Labute approximate surface area is 49.7 Å². The highest BCUT2D eigenvalue weighted by Gasteiger charge is 2.18. The van der Waals surface area contributed by atoms with E-state index in [2.05, 4.69) is 0 Å². The molecule has 1 rings (SSSR count). The lowest BCUT2D eigenvalue weighted by Gasteiger charge is -2.01. The highest BCUT2D eigenvalue weighted by atomic mass is 16.1. The average Bonchev–Trinajstić information content (AvgIpc) is 2.13. The Bertz CT molecular complexity index is 128. The molecule has 46 valence electrons. The molecule has 1 heterocycles. The second-order valence-electron chi connectivity index (χ2n) is 1.97. The number of nitrogens with one attached hydrogen (secondary N) is 1. The summed E-state index contributed by atoms with van der Waals surface area (Å²) in [7, 11) is 0. The molecule has 8 heavy (non-hydrogen) atoms. The lowest BCUT2D eigenvalue weighted by Crippen LogP contribution is -2.36. The van der Waals surface area contributed by atoms with Crippen LogP contribution in [0.2, 0.25) is 1.41 Å². The number of carbonyl (C=O) groups excluding carboxylic acids is 1. The van der Waals surface area contributed by atoms with Crippen LogP contribution in [0.4, 0.5) is 0 Å². The maximum absolute atomic E-state index is 10.5. The van der Waals surface area contributed by atoms with Crippen LogP contribution in [0.3, 0.4) is 0 Å². The normalized spacial score (nSPS) is 32.5. The highest BCUT2D eigenvalue weighted by Crippen LogP contribution is 2.02. The summed E-state index contributed by atoms with van der Waals surface area (Å²) < 4.78 is 7.15. The summed E-state index contributed by atoms with van der Waals surface area (Å²) in [4.78, 5) is 10.5. The van der Waals surface area contributed by atoms with Gasteiger partial charge in [-0.25, -0.2) is 0 Å². The molecule has 3 heteroatoms. The first-order chi connectivity index (χ1) is 4.22. The molecular weight excluding hydrogens is 104 g/mol. The number of hydrogen-bond acceptors (Lipinski definition) is 2. The minimum absolute atomic E-state index is 0.329. The molecule has 0 aromatic heterocycles. The van der Waals surface area contributed by atoms with Gasteiger partial charge in [-0.3, -0.25) is 4.79 Å². The molecule has 0 bridgehead atoms. The Kier molecular flexibility index (Phi) is 1.15. The van der Waals surface area contributed by atoms with Crippen molar-refractivity contribution >= 4 is 5.91 Å². The van der Waals surface area contributed by atoms with E-state index in [1.54, 1.807) is 0 Å². The molecule has 0 aromatic rings. The van der Waals surface area contributed by atoms with Crippen molar-refractivity contribution in [2.24, 2.45) is 5.73 Å². The zero-order chi connectivity index (χ0) is 6.85. The van der Waals surface area contributed by atoms with Crippen LogP contribution in [0.15, 0.2) is 0 Å². The van der Waals surface area contributed by atoms with E-state index in [1.165, 1.54) is 5.31 Å². The summed E-state index contributed by atoms with van der Waals surface area (Å²) >= 11 is 0. The molecule has 3 nitrogen and oxygen atoms in total. The van der Waals surface area contributed by atoms with Crippen molar-refractivity contribution in [3.8, 4) is 0 Å². The molecule has 0 radical (unpaired) electrons. The largest absolute Gasteiger partial charge is 0.368 e. The van der Waals surface area contributed by atoms with E-state index in [9.17, 15) is 4.79 Å². The van der Waals surface area contributed by atoms with Gasteiger partial charge in [0.25, 0.3) is 0 Å². The number of carbonyl (C=O) groups is 1. The summed E-state index contributed by atoms with van der Waals surface area (Å²) in [5.41, 5.74) is 4.99. The number of amides is 1. The van der Waals surface area contributed by atoms with Gasteiger partial charge in [-0.15, -0.1) is 0 Å². The van der Waals surface area contributed by atoms with Gasteiger partial charge >= 0.3 is 0 Å². The second kappa shape index (κ2) is 2.13.